The lowest BCUT2D eigenvalue weighted by Gasteiger charge is -2.17. The fraction of sp³-hybridized carbons (Fsp3) is 0.400. The second-order valence-corrected chi connectivity index (χ2v) is 3.74. The number of hydrogen-bond acceptors (Lipinski definition) is 1. The molecular weight excluding hydrogens is 227 g/mol. The molecule has 0 aliphatic heterocycles. The molecule has 0 radical (unpaired) electrons. The lowest BCUT2D eigenvalue weighted by atomic mass is 9.96. The summed E-state index contributed by atoms with van der Waals surface area (Å²) < 4.78 is 36.5. The van der Waals surface area contributed by atoms with Gasteiger partial charge in [-0.1, -0.05) is 23.7 Å². The molecule has 0 saturated carbocycles. The lowest BCUT2D eigenvalue weighted by molar-refractivity contribution is -0.138. The monoisotopic (exact) mass is 237 g/mol. The van der Waals surface area contributed by atoms with Gasteiger partial charge in [0.15, 0.2) is 0 Å². The molecular formula is C10H11ClF3N. The fourth-order valence-corrected chi connectivity index (χ4v) is 1.48. The highest BCUT2D eigenvalue weighted by Crippen LogP contribution is 2.30. The van der Waals surface area contributed by atoms with Gasteiger partial charge in [0.2, 0.25) is 0 Å². The fourth-order valence-electron chi connectivity index (χ4n) is 1.35. The van der Waals surface area contributed by atoms with E-state index in [0.717, 1.165) is 0 Å². The summed E-state index contributed by atoms with van der Waals surface area (Å²) in [7, 11) is 0. The summed E-state index contributed by atoms with van der Waals surface area (Å²) in [6.07, 6.45) is -5.09. The van der Waals surface area contributed by atoms with E-state index >= 15 is 0 Å². The third-order valence-corrected chi connectivity index (χ3v) is 2.36. The maximum absolute atomic E-state index is 12.2. The van der Waals surface area contributed by atoms with Crippen LogP contribution in [0.2, 0.25) is 5.02 Å². The molecule has 0 aliphatic rings. The minimum absolute atomic E-state index is 0.0266. The third-order valence-electron chi connectivity index (χ3n) is 2.10. The molecule has 1 unspecified atom stereocenters. The van der Waals surface area contributed by atoms with E-state index in [2.05, 4.69) is 0 Å². The van der Waals surface area contributed by atoms with Crippen LogP contribution in [0.3, 0.4) is 0 Å². The van der Waals surface area contributed by atoms with Gasteiger partial charge < -0.3 is 5.73 Å². The third kappa shape index (κ3) is 4.10. The highest BCUT2D eigenvalue weighted by Gasteiger charge is 2.31. The molecule has 2 N–H and O–H groups in total. The molecule has 1 nitrogen and oxygen atoms in total. The number of alkyl halides is 3. The first-order chi connectivity index (χ1) is 6.92. The molecule has 0 fully saturated rings. The van der Waals surface area contributed by atoms with Gasteiger partial charge in [0.1, 0.15) is 0 Å². The standard InChI is InChI=1S/C10H11ClF3N/c11-9-3-1-7(2-4-9)8(6-15)5-10(12,13)14/h1-4,8H,5-6,15H2. The first kappa shape index (κ1) is 12.3. The second-order valence-electron chi connectivity index (χ2n) is 3.30. The maximum Gasteiger partial charge on any atom is 0.389 e. The smallest absolute Gasteiger partial charge is 0.330 e. The zero-order chi connectivity index (χ0) is 11.5. The Labute approximate surface area is 91.0 Å². The van der Waals surface area contributed by atoms with Crippen LogP contribution in [0.1, 0.15) is 17.9 Å². The first-order valence-electron chi connectivity index (χ1n) is 4.44. The van der Waals surface area contributed by atoms with Crippen molar-refractivity contribution in [3.63, 3.8) is 0 Å². The van der Waals surface area contributed by atoms with Gasteiger partial charge >= 0.3 is 6.18 Å². The van der Waals surface area contributed by atoms with Crippen molar-refractivity contribution < 1.29 is 13.2 Å². The van der Waals surface area contributed by atoms with Gasteiger partial charge in [0.25, 0.3) is 0 Å². The Bertz CT molecular complexity index is 307. The first-order valence-corrected chi connectivity index (χ1v) is 4.82. The average Bonchev–Trinajstić information content (AvgIpc) is 2.14. The molecule has 15 heavy (non-hydrogen) atoms. The summed E-state index contributed by atoms with van der Waals surface area (Å²) in [5, 5.41) is 0.501. The van der Waals surface area contributed by atoms with Crippen LogP contribution < -0.4 is 5.73 Å². The lowest BCUT2D eigenvalue weighted by Crippen LogP contribution is -2.20. The quantitative estimate of drug-likeness (QED) is 0.857. The molecule has 0 spiro atoms. The van der Waals surface area contributed by atoms with E-state index in [1.807, 2.05) is 0 Å². The summed E-state index contributed by atoms with van der Waals surface area (Å²) in [5.41, 5.74) is 5.89. The van der Waals surface area contributed by atoms with E-state index in [9.17, 15) is 13.2 Å². The molecule has 0 aromatic heterocycles. The maximum atomic E-state index is 12.2. The number of halogens is 4. The van der Waals surface area contributed by atoms with E-state index in [-0.39, 0.29) is 6.54 Å². The molecule has 0 heterocycles. The van der Waals surface area contributed by atoms with Gasteiger partial charge in [-0.2, -0.15) is 13.2 Å². The largest absolute Gasteiger partial charge is 0.389 e. The Morgan fingerprint density at radius 3 is 2.13 bits per heavy atom. The Morgan fingerprint density at radius 1 is 1.20 bits per heavy atom. The highest BCUT2D eigenvalue weighted by atomic mass is 35.5. The van der Waals surface area contributed by atoms with Crippen LogP contribution in [0, 0.1) is 0 Å². The van der Waals surface area contributed by atoms with Gasteiger partial charge in [-0.15, -0.1) is 0 Å². The van der Waals surface area contributed by atoms with Crippen LogP contribution >= 0.6 is 11.6 Å². The number of nitrogens with two attached hydrogens (primary N) is 1. The normalized spacial score (nSPS) is 13.9. The second kappa shape index (κ2) is 4.86. The molecule has 1 rings (SSSR count). The molecule has 84 valence electrons. The Kier molecular flexibility index (Phi) is 3.99. The van der Waals surface area contributed by atoms with Crippen LogP contribution in [-0.2, 0) is 0 Å². The molecule has 0 bridgehead atoms. The van der Waals surface area contributed by atoms with Gasteiger partial charge in [0, 0.05) is 10.9 Å². The Balaban J connectivity index is 2.79. The highest BCUT2D eigenvalue weighted by molar-refractivity contribution is 6.30. The molecule has 1 atom stereocenters. The summed E-state index contributed by atoms with van der Waals surface area (Å²) in [6, 6.07) is 6.28. The predicted molar refractivity (Wildman–Crippen MR) is 53.9 cm³/mol. The summed E-state index contributed by atoms with van der Waals surface area (Å²) in [5.74, 6) is -0.692. The van der Waals surface area contributed by atoms with E-state index < -0.39 is 18.5 Å². The van der Waals surface area contributed by atoms with Crippen molar-refractivity contribution in [3.05, 3.63) is 34.9 Å². The van der Waals surface area contributed by atoms with Crippen LogP contribution in [0.25, 0.3) is 0 Å². The molecule has 0 saturated heterocycles. The minimum Gasteiger partial charge on any atom is -0.330 e. The van der Waals surface area contributed by atoms with Gasteiger partial charge in [-0.25, -0.2) is 0 Å². The molecule has 1 aromatic rings. The molecule has 0 amide bonds. The molecule has 1 aromatic carbocycles. The van der Waals surface area contributed by atoms with Crippen molar-refractivity contribution in [1.29, 1.82) is 0 Å². The Hall–Kier alpha value is -0.740. The summed E-state index contributed by atoms with van der Waals surface area (Å²) in [4.78, 5) is 0. The van der Waals surface area contributed by atoms with Crippen molar-refractivity contribution >= 4 is 11.6 Å². The van der Waals surface area contributed by atoms with E-state index in [4.69, 9.17) is 17.3 Å². The van der Waals surface area contributed by atoms with Crippen molar-refractivity contribution in [2.24, 2.45) is 5.73 Å². The van der Waals surface area contributed by atoms with Crippen molar-refractivity contribution in [2.75, 3.05) is 6.54 Å². The van der Waals surface area contributed by atoms with Crippen LogP contribution in [-0.4, -0.2) is 12.7 Å². The van der Waals surface area contributed by atoms with E-state index in [1.54, 1.807) is 24.3 Å². The zero-order valence-electron chi connectivity index (χ0n) is 7.89. The molecule has 0 aliphatic carbocycles. The van der Waals surface area contributed by atoms with Gasteiger partial charge in [-0.05, 0) is 24.2 Å². The van der Waals surface area contributed by atoms with Gasteiger partial charge in [-0.3, -0.25) is 0 Å². The van der Waals surface area contributed by atoms with Crippen LogP contribution in [0.4, 0.5) is 13.2 Å². The number of rotatable bonds is 3. The topological polar surface area (TPSA) is 26.0 Å². The number of benzene rings is 1. The van der Waals surface area contributed by atoms with Crippen LogP contribution in [0.5, 0.6) is 0 Å². The zero-order valence-corrected chi connectivity index (χ0v) is 8.65. The van der Waals surface area contributed by atoms with E-state index in [0.29, 0.717) is 10.6 Å². The minimum atomic E-state index is -4.19. The predicted octanol–water partition coefficient (Wildman–Crippen LogP) is 3.33. The van der Waals surface area contributed by atoms with Crippen molar-refractivity contribution in [3.8, 4) is 0 Å². The van der Waals surface area contributed by atoms with Crippen LogP contribution in [0.15, 0.2) is 24.3 Å². The van der Waals surface area contributed by atoms with Crippen molar-refractivity contribution in [1.82, 2.24) is 0 Å². The average molecular weight is 238 g/mol. The van der Waals surface area contributed by atoms with Crippen molar-refractivity contribution in [2.45, 2.75) is 18.5 Å². The van der Waals surface area contributed by atoms with Gasteiger partial charge in [0.05, 0.1) is 6.42 Å². The number of hydrogen-bond donors (Lipinski definition) is 1. The summed E-state index contributed by atoms with van der Waals surface area (Å²) >= 11 is 5.64. The van der Waals surface area contributed by atoms with E-state index in [1.165, 1.54) is 0 Å². The Morgan fingerprint density at radius 2 is 1.73 bits per heavy atom. The SMILES string of the molecule is NCC(CC(F)(F)F)c1ccc(Cl)cc1. The molecule has 5 heteroatoms. The summed E-state index contributed by atoms with van der Waals surface area (Å²) in [6.45, 7) is -0.0266.